The van der Waals surface area contributed by atoms with E-state index in [0.29, 0.717) is 0 Å². The fourth-order valence-electron chi connectivity index (χ4n) is 2.92. The van der Waals surface area contributed by atoms with E-state index in [0.717, 1.165) is 48.7 Å². The van der Waals surface area contributed by atoms with Gasteiger partial charge in [-0.25, -0.2) is 14.6 Å². The standard InChI is InChI=1S/C15H17N7O/c1-20-13(23)8-11(9-19-20)21-4-6-22(7-5-21)15-12-2-3-16-14(12)17-10-18-15/h2-3,8-10H,4-7H2,1H3,(H,16,17,18). The maximum Gasteiger partial charge on any atom is 0.268 e. The molecule has 1 N–H and O–H groups in total. The Labute approximate surface area is 132 Å². The predicted octanol–water partition coefficient (Wildman–Crippen LogP) is 0.378. The molecular weight excluding hydrogens is 294 g/mol. The van der Waals surface area contributed by atoms with Crippen LogP contribution in [-0.4, -0.2) is 50.9 Å². The van der Waals surface area contributed by atoms with Gasteiger partial charge in [-0.2, -0.15) is 5.10 Å². The van der Waals surface area contributed by atoms with Gasteiger partial charge in [0.15, 0.2) is 0 Å². The third-order valence-electron chi connectivity index (χ3n) is 4.23. The number of aromatic nitrogens is 5. The van der Waals surface area contributed by atoms with Crippen molar-refractivity contribution in [2.45, 2.75) is 0 Å². The lowest BCUT2D eigenvalue weighted by molar-refractivity contribution is 0.639. The van der Waals surface area contributed by atoms with Crippen LogP contribution in [0.3, 0.4) is 0 Å². The zero-order valence-corrected chi connectivity index (χ0v) is 12.8. The molecule has 0 unspecified atom stereocenters. The molecule has 0 bridgehead atoms. The number of aryl methyl sites for hydroxylation is 1. The highest BCUT2D eigenvalue weighted by Gasteiger charge is 2.20. The maximum absolute atomic E-state index is 11.7. The second-order valence-electron chi connectivity index (χ2n) is 5.59. The van der Waals surface area contributed by atoms with Gasteiger partial charge in [-0.15, -0.1) is 0 Å². The summed E-state index contributed by atoms with van der Waals surface area (Å²) >= 11 is 0. The number of hydrogen-bond donors (Lipinski definition) is 1. The van der Waals surface area contributed by atoms with Crippen LogP contribution < -0.4 is 15.4 Å². The van der Waals surface area contributed by atoms with Crippen LogP contribution >= 0.6 is 0 Å². The van der Waals surface area contributed by atoms with Gasteiger partial charge in [-0.3, -0.25) is 4.79 Å². The quantitative estimate of drug-likeness (QED) is 0.736. The van der Waals surface area contributed by atoms with E-state index in [4.69, 9.17) is 0 Å². The van der Waals surface area contributed by atoms with Gasteiger partial charge in [0.2, 0.25) is 0 Å². The number of hydrogen-bond acceptors (Lipinski definition) is 6. The minimum atomic E-state index is -0.0882. The summed E-state index contributed by atoms with van der Waals surface area (Å²) in [6, 6.07) is 3.64. The van der Waals surface area contributed by atoms with E-state index in [1.807, 2.05) is 12.3 Å². The molecule has 1 aliphatic rings. The minimum absolute atomic E-state index is 0.0882. The minimum Gasteiger partial charge on any atom is -0.367 e. The fraction of sp³-hybridized carbons (Fsp3) is 0.333. The first-order valence-electron chi connectivity index (χ1n) is 7.54. The van der Waals surface area contributed by atoms with Crippen molar-refractivity contribution in [3.8, 4) is 0 Å². The molecule has 0 aromatic carbocycles. The highest BCUT2D eigenvalue weighted by molar-refractivity contribution is 5.87. The summed E-state index contributed by atoms with van der Waals surface area (Å²) in [5.74, 6) is 0.956. The number of anilines is 2. The third-order valence-corrected chi connectivity index (χ3v) is 4.23. The van der Waals surface area contributed by atoms with Gasteiger partial charge in [0.05, 0.1) is 17.3 Å². The molecule has 0 amide bonds. The number of fused-ring (bicyclic) bond motifs is 1. The van der Waals surface area contributed by atoms with Gasteiger partial charge in [0, 0.05) is 45.5 Å². The van der Waals surface area contributed by atoms with Gasteiger partial charge >= 0.3 is 0 Å². The van der Waals surface area contributed by atoms with Gasteiger partial charge in [0.25, 0.3) is 5.56 Å². The normalized spacial score (nSPS) is 15.3. The second-order valence-corrected chi connectivity index (χ2v) is 5.59. The van der Waals surface area contributed by atoms with Crippen LogP contribution in [0.5, 0.6) is 0 Å². The highest BCUT2D eigenvalue weighted by atomic mass is 16.1. The molecule has 4 heterocycles. The van der Waals surface area contributed by atoms with E-state index < -0.39 is 0 Å². The third kappa shape index (κ3) is 2.41. The van der Waals surface area contributed by atoms with Gasteiger partial charge in [-0.1, -0.05) is 0 Å². The number of rotatable bonds is 2. The summed E-state index contributed by atoms with van der Waals surface area (Å²) in [5.41, 5.74) is 1.64. The van der Waals surface area contributed by atoms with Crippen molar-refractivity contribution in [3.05, 3.63) is 41.2 Å². The monoisotopic (exact) mass is 311 g/mol. The topological polar surface area (TPSA) is 82.9 Å². The maximum atomic E-state index is 11.7. The molecule has 8 heteroatoms. The summed E-state index contributed by atoms with van der Waals surface area (Å²) < 4.78 is 1.34. The van der Waals surface area contributed by atoms with Crippen molar-refractivity contribution in [2.75, 3.05) is 36.0 Å². The van der Waals surface area contributed by atoms with Crippen LogP contribution in [0, 0.1) is 0 Å². The SMILES string of the molecule is Cn1ncc(N2CCN(c3ncnc4[nH]ccc34)CC2)cc1=O. The van der Waals surface area contributed by atoms with Crippen molar-refractivity contribution >= 4 is 22.5 Å². The summed E-state index contributed by atoms with van der Waals surface area (Å²) in [6.45, 7) is 3.33. The number of piperazine rings is 1. The van der Waals surface area contributed by atoms with E-state index >= 15 is 0 Å². The van der Waals surface area contributed by atoms with Gasteiger partial charge in [0.1, 0.15) is 17.8 Å². The van der Waals surface area contributed by atoms with Crippen molar-refractivity contribution in [1.29, 1.82) is 0 Å². The Hall–Kier alpha value is -2.90. The predicted molar refractivity (Wildman–Crippen MR) is 87.8 cm³/mol. The summed E-state index contributed by atoms with van der Waals surface area (Å²) in [5, 5.41) is 5.13. The Balaban J connectivity index is 1.54. The first kappa shape index (κ1) is 13.7. The molecular formula is C15H17N7O. The smallest absolute Gasteiger partial charge is 0.268 e. The van der Waals surface area contributed by atoms with E-state index in [1.165, 1.54) is 4.68 Å². The zero-order chi connectivity index (χ0) is 15.8. The molecule has 3 aromatic heterocycles. The van der Waals surface area contributed by atoms with E-state index in [2.05, 4.69) is 29.9 Å². The molecule has 3 aromatic rings. The van der Waals surface area contributed by atoms with Crippen molar-refractivity contribution in [1.82, 2.24) is 24.7 Å². The molecule has 1 aliphatic heterocycles. The Kier molecular flexibility index (Phi) is 3.22. The summed E-state index contributed by atoms with van der Waals surface area (Å²) in [7, 11) is 1.65. The van der Waals surface area contributed by atoms with Gasteiger partial charge in [-0.05, 0) is 6.07 Å². The van der Waals surface area contributed by atoms with Crippen LogP contribution in [-0.2, 0) is 7.05 Å². The number of nitrogens with one attached hydrogen (secondary N) is 1. The summed E-state index contributed by atoms with van der Waals surface area (Å²) in [4.78, 5) is 27.9. The largest absolute Gasteiger partial charge is 0.367 e. The zero-order valence-electron chi connectivity index (χ0n) is 12.8. The first-order chi connectivity index (χ1) is 11.2. The van der Waals surface area contributed by atoms with E-state index in [1.54, 1.807) is 25.6 Å². The first-order valence-corrected chi connectivity index (χ1v) is 7.54. The molecule has 1 fully saturated rings. The average Bonchev–Trinajstić information content (AvgIpc) is 3.06. The molecule has 23 heavy (non-hydrogen) atoms. The van der Waals surface area contributed by atoms with E-state index in [-0.39, 0.29) is 5.56 Å². The molecule has 118 valence electrons. The lowest BCUT2D eigenvalue weighted by Gasteiger charge is -2.36. The van der Waals surface area contributed by atoms with E-state index in [9.17, 15) is 4.79 Å². The molecule has 4 rings (SSSR count). The lowest BCUT2D eigenvalue weighted by atomic mass is 10.2. The van der Waals surface area contributed by atoms with Gasteiger partial charge < -0.3 is 14.8 Å². The average molecular weight is 311 g/mol. The van der Waals surface area contributed by atoms with Crippen molar-refractivity contribution in [3.63, 3.8) is 0 Å². The van der Waals surface area contributed by atoms with Crippen LogP contribution in [0.4, 0.5) is 11.5 Å². The fourth-order valence-corrected chi connectivity index (χ4v) is 2.92. The Bertz CT molecular complexity index is 892. The molecule has 0 radical (unpaired) electrons. The van der Waals surface area contributed by atoms with Crippen LogP contribution in [0.2, 0.25) is 0 Å². The van der Waals surface area contributed by atoms with Crippen molar-refractivity contribution < 1.29 is 0 Å². The van der Waals surface area contributed by atoms with Crippen molar-refractivity contribution in [2.24, 2.45) is 7.05 Å². The number of nitrogens with zero attached hydrogens (tertiary/aromatic N) is 6. The molecule has 0 aliphatic carbocycles. The summed E-state index contributed by atoms with van der Waals surface area (Å²) in [6.07, 6.45) is 5.21. The molecule has 0 spiro atoms. The number of H-pyrrole nitrogens is 1. The highest BCUT2D eigenvalue weighted by Crippen LogP contribution is 2.24. The Morgan fingerprint density at radius 3 is 2.70 bits per heavy atom. The molecule has 8 nitrogen and oxygen atoms in total. The lowest BCUT2D eigenvalue weighted by Crippen LogP contribution is -2.47. The molecule has 0 saturated carbocycles. The molecule has 1 saturated heterocycles. The Morgan fingerprint density at radius 2 is 1.91 bits per heavy atom. The number of aromatic amines is 1. The Morgan fingerprint density at radius 1 is 1.13 bits per heavy atom. The van der Waals surface area contributed by atoms with Crippen LogP contribution in [0.1, 0.15) is 0 Å². The van der Waals surface area contributed by atoms with Crippen LogP contribution in [0.15, 0.2) is 35.6 Å². The van der Waals surface area contributed by atoms with Crippen LogP contribution in [0.25, 0.3) is 11.0 Å². The second kappa shape index (κ2) is 5.38. The molecule has 0 atom stereocenters.